The van der Waals surface area contributed by atoms with Crippen LogP contribution in [0.4, 0.5) is 5.13 Å². The van der Waals surface area contributed by atoms with Crippen molar-refractivity contribution in [3.8, 4) is 5.75 Å². The van der Waals surface area contributed by atoms with Crippen molar-refractivity contribution in [2.75, 3.05) is 51.8 Å². The second-order valence-corrected chi connectivity index (χ2v) is 6.59. The molecule has 22 heavy (non-hydrogen) atoms. The lowest BCUT2D eigenvalue weighted by Crippen LogP contribution is -2.37. The summed E-state index contributed by atoms with van der Waals surface area (Å²) < 4.78 is 11.7. The van der Waals surface area contributed by atoms with Crippen molar-refractivity contribution < 1.29 is 9.47 Å². The number of methoxy groups -OCH3 is 1. The van der Waals surface area contributed by atoms with Gasteiger partial charge in [0.1, 0.15) is 11.3 Å². The van der Waals surface area contributed by atoms with E-state index in [1.54, 1.807) is 18.4 Å². The van der Waals surface area contributed by atoms with Gasteiger partial charge in [-0.2, -0.15) is 0 Å². The molecule has 0 spiro atoms. The number of benzene rings is 1. The highest BCUT2D eigenvalue weighted by Gasteiger charge is 2.12. The SMILES string of the molecule is COc1ccc(Cl)c2sc(NCCCN3CCOCC3)nc12. The smallest absolute Gasteiger partial charge is 0.183 e. The highest BCUT2D eigenvalue weighted by Crippen LogP contribution is 2.37. The standard InChI is InChI=1S/C15H20ClN3O2S/c1-20-12-4-3-11(16)14-13(12)18-15(22-14)17-5-2-6-19-7-9-21-10-8-19/h3-4H,2,5-10H2,1H3,(H,17,18). The van der Waals surface area contributed by atoms with Crippen molar-refractivity contribution in [1.82, 2.24) is 9.88 Å². The van der Waals surface area contributed by atoms with Gasteiger partial charge in [-0.1, -0.05) is 22.9 Å². The van der Waals surface area contributed by atoms with E-state index in [4.69, 9.17) is 21.1 Å². The van der Waals surface area contributed by atoms with Gasteiger partial charge < -0.3 is 14.8 Å². The Morgan fingerprint density at radius 2 is 2.23 bits per heavy atom. The summed E-state index contributed by atoms with van der Waals surface area (Å²) in [7, 11) is 1.65. The molecule has 0 unspecified atom stereocenters. The molecule has 0 amide bonds. The zero-order valence-corrected chi connectivity index (χ0v) is 14.2. The Hall–Kier alpha value is -1.08. The van der Waals surface area contributed by atoms with Crippen molar-refractivity contribution >= 4 is 38.3 Å². The molecule has 120 valence electrons. The number of nitrogens with one attached hydrogen (secondary N) is 1. The lowest BCUT2D eigenvalue weighted by atomic mass is 10.3. The van der Waals surface area contributed by atoms with Gasteiger partial charge in [0.25, 0.3) is 0 Å². The second-order valence-electron chi connectivity index (χ2n) is 5.18. The quantitative estimate of drug-likeness (QED) is 0.818. The zero-order chi connectivity index (χ0) is 15.4. The van der Waals surface area contributed by atoms with Crippen molar-refractivity contribution in [2.24, 2.45) is 0 Å². The lowest BCUT2D eigenvalue weighted by Gasteiger charge is -2.26. The maximum Gasteiger partial charge on any atom is 0.183 e. The van der Waals surface area contributed by atoms with Crippen molar-refractivity contribution in [2.45, 2.75) is 6.42 Å². The van der Waals surface area contributed by atoms with E-state index in [9.17, 15) is 0 Å². The van der Waals surface area contributed by atoms with Gasteiger partial charge in [-0.3, -0.25) is 4.90 Å². The van der Waals surface area contributed by atoms with Crippen LogP contribution in [0.15, 0.2) is 12.1 Å². The fourth-order valence-electron chi connectivity index (χ4n) is 2.52. The number of halogens is 1. The summed E-state index contributed by atoms with van der Waals surface area (Å²) >= 11 is 7.80. The molecule has 1 aromatic heterocycles. The number of nitrogens with zero attached hydrogens (tertiary/aromatic N) is 2. The molecule has 1 aliphatic rings. The molecule has 0 atom stereocenters. The van der Waals surface area contributed by atoms with Crippen LogP contribution in [-0.4, -0.2) is 56.4 Å². The summed E-state index contributed by atoms with van der Waals surface area (Å²) in [5.74, 6) is 0.761. The number of fused-ring (bicyclic) bond motifs is 1. The number of hydrogen-bond donors (Lipinski definition) is 1. The van der Waals surface area contributed by atoms with E-state index in [-0.39, 0.29) is 0 Å². The molecule has 7 heteroatoms. The highest BCUT2D eigenvalue weighted by atomic mass is 35.5. The van der Waals surface area contributed by atoms with Gasteiger partial charge in [-0.05, 0) is 25.1 Å². The van der Waals surface area contributed by atoms with Crippen LogP contribution in [0.25, 0.3) is 10.2 Å². The third-order valence-electron chi connectivity index (χ3n) is 3.71. The summed E-state index contributed by atoms with van der Waals surface area (Å²) in [5.41, 5.74) is 0.829. The molecule has 3 rings (SSSR count). The first kappa shape index (κ1) is 15.8. The molecule has 0 radical (unpaired) electrons. The number of hydrogen-bond acceptors (Lipinski definition) is 6. The lowest BCUT2D eigenvalue weighted by molar-refractivity contribution is 0.0378. The van der Waals surface area contributed by atoms with Crippen LogP contribution >= 0.6 is 22.9 Å². The minimum absolute atomic E-state index is 0.717. The zero-order valence-electron chi connectivity index (χ0n) is 12.6. The van der Waals surface area contributed by atoms with E-state index in [0.29, 0.717) is 0 Å². The van der Waals surface area contributed by atoms with Crippen LogP contribution in [0, 0.1) is 0 Å². The van der Waals surface area contributed by atoms with Crippen molar-refractivity contribution in [3.63, 3.8) is 0 Å². The molecular formula is C15H20ClN3O2S. The molecule has 1 N–H and O–H groups in total. The summed E-state index contributed by atoms with van der Waals surface area (Å²) in [6.45, 7) is 5.76. The second kappa shape index (κ2) is 7.46. The Labute approximate surface area is 139 Å². The normalized spacial score (nSPS) is 16.1. The Morgan fingerprint density at radius 1 is 1.41 bits per heavy atom. The average molecular weight is 342 g/mol. The van der Waals surface area contributed by atoms with E-state index in [1.165, 1.54) is 0 Å². The van der Waals surface area contributed by atoms with Gasteiger partial charge >= 0.3 is 0 Å². The molecule has 0 bridgehead atoms. The minimum Gasteiger partial charge on any atom is -0.494 e. The first-order valence-corrected chi connectivity index (χ1v) is 8.64. The number of aromatic nitrogens is 1. The Bertz CT molecular complexity index is 629. The topological polar surface area (TPSA) is 46.6 Å². The molecule has 1 fully saturated rings. The summed E-state index contributed by atoms with van der Waals surface area (Å²) in [4.78, 5) is 7.03. The fourth-order valence-corrected chi connectivity index (χ4v) is 3.70. The largest absolute Gasteiger partial charge is 0.494 e. The van der Waals surface area contributed by atoms with Gasteiger partial charge in [0.2, 0.25) is 0 Å². The van der Waals surface area contributed by atoms with E-state index < -0.39 is 0 Å². The van der Waals surface area contributed by atoms with Gasteiger partial charge in [-0.25, -0.2) is 4.98 Å². The van der Waals surface area contributed by atoms with E-state index in [1.807, 2.05) is 12.1 Å². The third-order valence-corrected chi connectivity index (χ3v) is 5.18. The summed E-state index contributed by atoms with van der Waals surface area (Å²) in [5, 5.41) is 5.00. The van der Waals surface area contributed by atoms with E-state index in [2.05, 4.69) is 15.2 Å². The van der Waals surface area contributed by atoms with Gasteiger partial charge in [0, 0.05) is 19.6 Å². The number of ether oxygens (including phenoxy) is 2. The predicted octanol–water partition coefficient (Wildman–Crippen LogP) is 3.09. The third kappa shape index (κ3) is 3.63. The molecule has 5 nitrogen and oxygen atoms in total. The maximum absolute atomic E-state index is 6.23. The average Bonchev–Trinajstić information content (AvgIpc) is 2.98. The van der Waals surface area contributed by atoms with Crippen molar-refractivity contribution in [3.05, 3.63) is 17.2 Å². The van der Waals surface area contributed by atoms with Crippen molar-refractivity contribution in [1.29, 1.82) is 0 Å². The van der Waals surface area contributed by atoms with Gasteiger partial charge in [0.15, 0.2) is 5.13 Å². The monoisotopic (exact) mass is 341 g/mol. The highest BCUT2D eigenvalue weighted by molar-refractivity contribution is 7.22. The molecule has 2 heterocycles. The van der Waals surface area contributed by atoms with E-state index >= 15 is 0 Å². The van der Waals surface area contributed by atoms with E-state index in [0.717, 1.165) is 71.9 Å². The number of anilines is 1. The van der Waals surface area contributed by atoms with Gasteiger partial charge in [0.05, 0.1) is 30.0 Å². The van der Waals surface area contributed by atoms with Gasteiger partial charge in [-0.15, -0.1) is 0 Å². The molecule has 1 saturated heterocycles. The minimum atomic E-state index is 0.717. The Kier molecular flexibility index (Phi) is 5.36. The summed E-state index contributed by atoms with van der Waals surface area (Å²) in [6, 6.07) is 3.70. The summed E-state index contributed by atoms with van der Waals surface area (Å²) in [6.07, 6.45) is 1.08. The van der Waals surface area contributed by atoms with Crippen LogP contribution in [0.1, 0.15) is 6.42 Å². The molecule has 1 aliphatic heterocycles. The Morgan fingerprint density at radius 3 is 3.00 bits per heavy atom. The number of morpholine rings is 1. The van der Waals surface area contributed by atoms with Crippen LogP contribution in [0.2, 0.25) is 5.02 Å². The molecule has 2 aromatic rings. The molecule has 0 saturated carbocycles. The number of thiazole rings is 1. The first-order valence-electron chi connectivity index (χ1n) is 7.45. The van der Waals surface area contributed by atoms with Crippen LogP contribution in [0.5, 0.6) is 5.75 Å². The fraction of sp³-hybridized carbons (Fsp3) is 0.533. The van der Waals surface area contributed by atoms with Crippen LogP contribution < -0.4 is 10.1 Å². The van der Waals surface area contributed by atoms with Crippen LogP contribution in [0.3, 0.4) is 0 Å². The maximum atomic E-state index is 6.23. The molecule has 0 aliphatic carbocycles. The first-order chi connectivity index (χ1) is 10.8. The molecular weight excluding hydrogens is 322 g/mol. The molecule has 1 aromatic carbocycles. The predicted molar refractivity (Wildman–Crippen MR) is 91.5 cm³/mol. The Balaban J connectivity index is 1.56. The number of rotatable bonds is 6. The van der Waals surface area contributed by atoms with Crippen LogP contribution in [-0.2, 0) is 4.74 Å².